The minimum atomic E-state index is -0.285. The molecule has 2 nitrogen and oxygen atoms in total. The Morgan fingerprint density at radius 2 is 1.90 bits per heavy atom. The normalized spacial score (nSPS) is 10.7. The number of hydrogen-bond acceptors (Lipinski definition) is 2. The van der Waals surface area contributed by atoms with Gasteiger partial charge in [-0.05, 0) is 42.3 Å². The number of ether oxygens (including phenoxy) is 1. The minimum absolute atomic E-state index is 0.224. The fraction of sp³-hybridized carbons (Fsp3) is 0.200. The molecule has 0 radical (unpaired) electrons. The van der Waals surface area contributed by atoms with Crippen LogP contribution in [0.15, 0.2) is 30.3 Å². The van der Waals surface area contributed by atoms with Gasteiger partial charge in [0.05, 0.1) is 11.6 Å². The van der Waals surface area contributed by atoms with Gasteiger partial charge < -0.3 is 9.84 Å². The van der Waals surface area contributed by atoms with Gasteiger partial charge in [-0.3, -0.25) is 0 Å². The fourth-order valence-electron chi connectivity index (χ4n) is 1.86. The highest BCUT2D eigenvalue weighted by molar-refractivity contribution is 6.35. The topological polar surface area (TPSA) is 29.5 Å². The summed E-state index contributed by atoms with van der Waals surface area (Å²) < 4.78 is 18.7. The quantitative estimate of drug-likeness (QED) is 0.899. The Labute approximate surface area is 126 Å². The molecule has 5 heteroatoms. The van der Waals surface area contributed by atoms with E-state index in [0.717, 1.165) is 11.1 Å². The highest BCUT2D eigenvalue weighted by Gasteiger charge is 2.11. The van der Waals surface area contributed by atoms with E-state index in [1.807, 2.05) is 0 Å². The molecule has 0 heterocycles. The second-order valence-electron chi connectivity index (χ2n) is 4.39. The SMILES string of the molecule is Cc1cc(F)ccc1COc1c(Cl)cc(Cl)cc1CO. The van der Waals surface area contributed by atoms with Crippen molar-refractivity contribution in [2.24, 2.45) is 0 Å². The van der Waals surface area contributed by atoms with Crippen molar-refractivity contribution < 1.29 is 14.2 Å². The van der Waals surface area contributed by atoms with Crippen LogP contribution in [0.25, 0.3) is 0 Å². The summed E-state index contributed by atoms with van der Waals surface area (Å²) in [6.45, 7) is 1.82. The van der Waals surface area contributed by atoms with Crippen LogP contribution in [-0.2, 0) is 13.2 Å². The lowest BCUT2D eigenvalue weighted by molar-refractivity contribution is 0.259. The van der Waals surface area contributed by atoms with Crippen LogP contribution in [0.4, 0.5) is 4.39 Å². The van der Waals surface area contributed by atoms with Crippen LogP contribution >= 0.6 is 23.2 Å². The highest BCUT2D eigenvalue weighted by atomic mass is 35.5. The first-order valence-electron chi connectivity index (χ1n) is 5.98. The first-order chi connectivity index (χ1) is 9.51. The van der Waals surface area contributed by atoms with E-state index in [2.05, 4.69) is 0 Å². The lowest BCUT2D eigenvalue weighted by atomic mass is 10.1. The third-order valence-corrected chi connectivity index (χ3v) is 3.43. The molecule has 20 heavy (non-hydrogen) atoms. The Morgan fingerprint density at radius 3 is 2.55 bits per heavy atom. The molecule has 0 amide bonds. The summed E-state index contributed by atoms with van der Waals surface area (Å²) in [4.78, 5) is 0. The monoisotopic (exact) mass is 314 g/mol. The Balaban J connectivity index is 2.22. The smallest absolute Gasteiger partial charge is 0.144 e. The zero-order chi connectivity index (χ0) is 14.7. The van der Waals surface area contributed by atoms with E-state index in [1.165, 1.54) is 12.1 Å². The molecule has 0 bridgehead atoms. The lowest BCUT2D eigenvalue weighted by Gasteiger charge is -2.13. The number of benzene rings is 2. The van der Waals surface area contributed by atoms with Crippen LogP contribution in [0.5, 0.6) is 5.75 Å². The predicted molar refractivity (Wildman–Crippen MR) is 77.9 cm³/mol. The molecular formula is C15H13Cl2FO2. The molecule has 2 aromatic rings. The van der Waals surface area contributed by atoms with Crippen molar-refractivity contribution in [3.63, 3.8) is 0 Å². The summed E-state index contributed by atoms with van der Waals surface area (Å²) in [5.41, 5.74) is 2.16. The highest BCUT2D eigenvalue weighted by Crippen LogP contribution is 2.33. The third kappa shape index (κ3) is 3.42. The van der Waals surface area contributed by atoms with Gasteiger partial charge in [0.1, 0.15) is 18.2 Å². The Kier molecular flexibility index (Phi) is 4.86. The first-order valence-corrected chi connectivity index (χ1v) is 6.73. The minimum Gasteiger partial charge on any atom is -0.487 e. The van der Waals surface area contributed by atoms with E-state index in [1.54, 1.807) is 25.1 Å². The van der Waals surface area contributed by atoms with Crippen molar-refractivity contribution in [3.8, 4) is 5.75 Å². The van der Waals surface area contributed by atoms with Gasteiger partial charge in [0, 0.05) is 10.6 Å². The number of aryl methyl sites for hydroxylation is 1. The standard InChI is InChI=1S/C15H13Cl2FO2/c1-9-4-13(18)3-2-10(9)8-20-15-11(7-19)5-12(16)6-14(15)17/h2-6,19H,7-8H2,1H3. The molecule has 0 aromatic heterocycles. The van der Waals surface area contributed by atoms with E-state index in [0.29, 0.717) is 21.4 Å². The summed E-state index contributed by atoms with van der Waals surface area (Å²) in [5.74, 6) is 0.106. The van der Waals surface area contributed by atoms with Gasteiger partial charge in [0.2, 0.25) is 0 Å². The average Bonchev–Trinajstić information content (AvgIpc) is 2.38. The molecule has 106 valence electrons. The van der Waals surface area contributed by atoms with Gasteiger partial charge in [-0.15, -0.1) is 0 Å². The number of aliphatic hydroxyl groups is 1. The van der Waals surface area contributed by atoms with Crippen LogP contribution in [0.1, 0.15) is 16.7 Å². The third-order valence-electron chi connectivity index (χ3n) is 2.93. The molecule has 1 N–H and O–H groups in total. The van der Waals surface area contributed by atoms with Crippen LogP contribution in [0, 0.1) is 12.7 Å². The molecular weight excluding hydrogens is 302 g/mol. The van der Waals surface area contributed by atoms with Gasteiger partial charge in [-0.25, -0.2) is 4.39 Å². The maximum absolute atomic E-state index is 13.0. The maximum Gasteiger partial charge on any atom is 0.144 e. The fourth-order valence-corrected chi connectivity index (χ4v) is 2.45. The van der Waals surface area contributed by atoms with Crippen molar-refractivity contribution >= 4 is 23.2 Å². The average molecular weight is 315 g/mol. The van der Waals surface area contributed by atoms with Crippen molar-refractivity contribution in [1.29, 1.82) is 0 Å². The van der Waals surface area contributed by atoms with E-state index in [-0.39, 0.29) is 19.0 Å². The molecule has 0 aliphatic heterocycles. The predicted octanol–water partition coefficient (Wildman–Crippen LogP) is 4.51. The molecule has 0 unspecified atom stereocenters. The van der Waals surface area contributed by atoms with Crippen LogP contribution in [-0.4, -0.2) is 5.11 Å². The van der Waals surface area contributed by atoms with E-state index in [4.69, 9.17) is 27.9 Å². The lowest BCUT2D eigenvalue weighted by Crippen LogP contribution is -2.01. The number of aliphatic hydroxyl groups excluding tert-OH is 1. The van der Waals surface area contributed by atoms with Gasteiger partial charge >= 0.3 is 0 Å². The van der Waals surface area contributed by atoms with E-state index < -0.39 is 0 Å². The summed E-state index contributed by atoms with van der Waals surface area (Å²) in [5, 5.41) is 10.1. The van der Waals surface area contributed by atoms with Gasteiger partial charge in [-0.2, -0.15) is 0 Å². The molecule has 0 atom stereocenters. The molecule has 2 aromatic carbocycles. The summed E-state index contributed by atoms with van der Waals surface area (Å²) >= 11 is 11.9. The largest absolute Gasteiger partial charge is 0.487 e. The Hall–Kier alpha value is -1.29. The second kappa shape index (κ2) is 6.44. The molecule has 0 aliphatic rings. The number of halogens is 3. The van der Waals surface area contributed by atoms with Crippen LogP contribution in [0.3, 0.4) is 0 Å². The van der Waals surface area contributed by atoms with Gasteiger partial charge in [0.15, 0.2) is 0 Å². The molecule has 0 aliphatic carbocycles. The van der Waals surface area contributed by atoms with Crippen molar-refractivity contribution in [2.75, 3.05) is 0 Å². The maximum atomic E-state index is 13.0. The van der Waals surface area contributed by atoms with E-state index >= 15 is 0 Å². The van der Waals surface area contributed by atoms with Crippen molar-refractivity contribution in [1.82, 2.24) is 0 Å². The van der Waals surface area contributed by atoms with Crippen molar-refractivity contribution in [3.05, 3.63) is 62.9 Å². The van der Waals surface area contributed by atoms with Gasteiger partial charge in [-0.1, -0.05) is 29.3 Å². The van der Waals surface area contributed by atoms with E-state index in [9.17, 15) is 9.50 Å². The molecule has 2 rings (SSSR count). The summed E-state index contributed by atoms with van der Waals surface area (Å²) in [6, 6.07) is 7.62. The van der Waals surface area contributed by atoms with Gasteiger partial charge in [0.25, 0.3) is 0 Å². The number of hydrogen-bond donors (Lipinski definition) is 1. The first kappa shape index (κ1) is 15.1. The zero-order valence-electron chi connectivity index (χ0n) is 10.8. The number of rotatable bonds is 4. The summed E-state index contributed by atoms with van der Waals surface area (Å²) in [6.07, 6.45) is 0. The Bertz CT molecular complexity index is 630. The van der Waals surface area contributed by atoms with Crippen molar-refractivity contribution in [2.45, 2.75) is 20.1 Å². The molecule has 0 saturated carbocycles. The zero-order valence-corrected chi connectivity index (χ0v) is 12.3. The van der Waals surface area contributed by atoms with Crippen LogP contribution < -0.4 is 4.74 Å². The Morgan fingerprint density at radius 1 is 1.15 bits per heavy atom. The van der Waals surface area contributed by atoms with Crippen LogP contribution in [0.2, 0.25) is 10.0 Å². The molecule has 0 fully saturated rings. The summed E-state index contributed by atoms with van der Waals surface area (Å²) in [7, 11) is 0. The second-order valence-corrected chi connectivity index (χ2v) is 5.24. The molecule has 0 saturated heterocycles. The molecule has 0 spiro atoms.